The van der Waals surface area contributed by atoms with Crippen LogP contribution in [-0.4, -0.2) is 66.7 Å². The van der Waals surface area contributed by atoms with Gasteiger partial charge in [0.25, 0.3) is 0 Å². The van der Waals surface area contributed by atoms with Crippen molar-refractivity contribution in [3.63, 3.8) is 0 Å². The molecule has 1 aliphatic heterocycles. The summed E-state index contributed by atoms with van der Waals surface area (Å²) in [4.78, 5) is 28.5. The predicted molar refractivity (Wildman–Crippen MR) is 80.5 cm³/mol. The van der Waals surface area contributed by atoms with Crippen LogP contribution in [0.1, 0.15) is 6.42 Å². The molecular formula is C15H21N3O3. The summed E-state index contributed by atoms with van der Waals surface area (Å²) in [6.45, 7) is 2.57. The largest absolute Gasteiger partial charge is 0.480 e. The SMILES string of the molecule is CN(C(=O)N1CCCN(CC(=O)O)CC1)c1ccccc1. The van der Waals surface area contributed by atoms with Gasteiger partial charge in [-0.15, -0.1) is 0 Å². The van der Waals surface area contributed by atoms with Crippen molar-refractivity contribution in [3.8, 4) is 0 Å². The van der Waals surface area contributed by atoms with E-state index in [0.29, 0.717) is 26.2 Å². The number of carboxylic acids is 1. The normalized spacial score (nSPS) is 16.3. The van der Waals surface area contributed by atoms with Crippen LogP contribution in [0.15, 0.2) is 30.3 Å². The van der Waals surface area contributed by atoms with Gasteiger partial charge >= 0.3 is 12.0 Å². The molecule has 1 N–H and O–H groups in total. The minimum atomic E-state index is -0.823. The second kappa shape index (κ2) is 7.08. The number of carboxylic acid groups (broad SMARTS) is 1. The van der Waals surface area contributed by atoms with Gasteiger partial charge in [-0.2, -0.15) is 0 Å². The average Bonchev–Trinajstić information content (AvgIpc) is 2.71. The fourth-order valence-corrected chi connectivity index (χ4v) is 2.49. The Bertz CT molecular complexity index is 492. The topological polar surface area (TPSA) is 64.1 Å². The van der Waals surface area contributed by atoms with Gasteiger partial charge in [-0.25, -0.2) is 4.79 Å². The van der Waals surface area contributed by atoms with Crippen molar-refractivity contribution in [1.29, 1.82) is 0 Å². The lowest BCUT2D eigenvalue weighted by Crippen LogP contribution is -2.43. The highest BCUT2D eigenvalue weighted by atomic mass is 16.4. The van der Waals surface area contributed by atoms with Gasteiger partial charge in [-0.1, -0.05) is 18.2 Å². The highest BCUT2D eigenvalue weighted by Gasteiger charge is 2.23. The standard InChI is InChI=1S/C15H21N3O3/c1-16(13-6-3-2-4-7-13)15(21)18-9-5-8-17(10-11-18)12-14(19)20/h2-4,6-7H,5,8-12H2,1H3,(H,19,20). The molecule has 2 amide bonds. The number of rotatable bonds is 3. The smallest absolute Gasteiger partial charge is 0.324 e. The van der Waals surface area contributed by atoms with E-state index in [2.05, 4.69) is 0 Å². The molecule has 1 fully saturated rings. The van der Waals surface area contributed by atoms with Crippen LogP contribution in [0.4, 0.5) is 10.5 Å². The molecule has 6 heteroatoms. The Labute approximate surface area is 124 Å². The summed E-state index contributed by atoms with van der Waals surface area (Å²) in [5.41, 5.74) is 0.856. The number of hydrogen-bond donors (Lipinski definition) is 1. The molecule has 0 radical (unpaired) electrons. The highest BCUT2D eigenvalue weighted by Crippen LogP contribution is 2.14. The van der Waals surface area contributed by atoms with E-state index >= 15 is 0 Å². The monoisotopic (exact) mass is 291 g/mol. The Balaban J connectivity index is 1.95. The molecule has 0 spiro atoms. The predicted octanol–water partition coefficient (Wildman–Crippen LogP) is 1.34. The fourth-order valence-electron chi connectivity index (χ4n) is 2.49. The molecule has 0 atom stereocenters. The number of para-hydroxylation sites is 1. The van der Waals surface area contributed by atoms with Crippen LogP contribution in [-0.2, 0) is 4.79 Å². The minimum absolute atomic E-state index is 0.0382. The van der Waals surface area contributed by atoms with Crippen molar-refractivity contribution < 1.29 is 14.7 Å². The number of carbonyl (C=O) groups is 2. The Morgan fingerprint density at radius 3 is 2.52 bits per heavy atom. The third kappa shape index (κ3) is 4.19. The van der Waals surface area contributed by atoms with Crippen LogP contribution in [0.25, 0.3) is 0 Å². The van der Waals surface area contributed by atoms with Gasteiger partial charge in [0.2, 0.25) is 0 Å². The Morgan fingerprint density at radius 2 is 1.86 bits per heavy atom. The Morgan fingerprint density at radius 1 is 1.14 bits per heavy atom. The van der Waals surface area contributed by atoms with Gasteiger partial charge in [0.1, 0.15) is 0 Å². The maximum Gasteiger partial charge on any atom is 0.324 e. The van der Waals surface area contributed by atoms with Crippen LogP contribution < -0.4 is 4.90 Å². The number of nitrogens with zero attached hydrogens (tertiary/aromatic N) is 3. The first-order chi connectivity index (χ1) is 10.1. The first-order valence-corrected chi connectivity index (χ1v) is 7.10. The van der Waals surface area contributed by atoms with E-state index in [-0.39, 0.29) is 12.6 Å². The van der Waals surface area contributed by atoms with Crippen molar-refractivity contribution in [2.45, 2.75) is 6.42 Å². The molecule has 21 heavy (non-hydrogen) atoms. The van der Waals surface area contributed by atoms with Gasteiger partial charge < -0.3 is 10.0 Å². The summed E-state index contributed by atoms with van der Waals surface area (Å²) < 4.78 is 0. The average molecular weight is 291 g/mol. The molecule has 2 rings (SSSR count). The van der Waals surface area contributed by atoms with Crippen molar-refractivity contribution in [2.75, 3.05) is 44.7 Å². The van der Waals surface area contributed by atoms with E-state index in [9.17, 15) is 9.59 Å². The zero-order valence-electron chi connectivity index (χ0n) is 12.2. The van der Waals surface area contributed by atoms with Crippen molar-refractivity contribution in [1.82, 2.24) is 9.80 Å². The number of carbonyl (C=O) groups excluding carboxylic acids is 1. The zero-order chi connectivity index (χ0) is 15.2. The van der Waals surface area contributed by atoms with Gasteiger partial charge in [-0.05, 0) is 18.6 Å². The lowest BCUT2D eigenvalue weighted by Gasteiger charge is -2.27. The van der Waals surface area contributed by atoms with Gasteiger partial charge in [-0.3, -0.25) is 14.6 Å². The van der Waals surface area contributed by atoms with Crippen LogP contribution in [0.2, 0.25) is 0 Å². The summed E-state index contributed by atoms with van der Waals surface area (Å²) in [6, 6.07) is 9.46. The molecule has 0 aromatic heterocycles. The van der Waals surface area contributed by atoms with E-state index in [0.717, 1.165) is 12.1 Å². The maximum absolute atomic E-state index is 12.5. The van der Waals surface area contributed by atoms with Crippen LogP contribution in [0, 0.1) is 0 Å². The molecule has 6 nitrogen and oxygen atoms in total. The first kappa shape index (κ1) is 15.3. The zero-order valence-corrected chi connectivity index (χ0v) is 12.2. The highest BCUT2D eigenvalue weighted by molar-refractivity contribution is 5.91. The quantitative estimate of drug-likeness (QED) is 0.912. The second-order valence-electron chi connectivity index (χ2n) is 5.19. The molecule has 1 aromatic rings. The van der Waals surface area contributed by atoms with Crippen LogP contribution >= 0.6 is 0 Å². The van der Waals surface area contributed by atoms with Crippen LogP contribution in [0.3, 0.4) is 0 Å². The third-order valence-corrected chi connectivity index (χ3v) is 3.65. The van der Waals surface area contributed by atoms with E-state index in [1.54, 1.807) is 16.8 Å². The summed E-state index contributed by atoms with van der Waals surface area (Å²) in [5.74, 6) is -0.823. The third-order valence-electron chi connectivity index (χ3n) is 3.65. The molecule has 1 heterocycles. The first-order valence-electron chi connectivity index (χ1n) is 7.10. The molecule has 0 unspecified atom stereocenters. The molecule has 1 aliphatic rings. The molecule has 1 aromatic carbocycles. The van der Waals surface area contributed by atoms with E-state index in [4.69, 9.17) is 5.11 Å². The van der Waals surface area contributed by atoms with Crippen molar-refractivity contribution >= 4 is 17.7 Å². The van der Waals surface area contributed by atoms with Gasteiger partial charge in [0, 0.05) is 38.9 Å². The van der Waals surface area contributed by atoms with E-state index in [1.165, 1.54) is 0 Å². The van der Waals surface area contributed by atoms with E-state index < -0.39 is 5.97 Å². The summed E-state index contributed by atoms with van der Waals surface area (Å²) >= 11 is 0. The Hall–Kier alpha value is -2.08. The van der Waals surface area contributed by atoms with E-state index in [1.807, 2.05) is 35.2 Å². The molecule has 1 saturated heterocycles. The Kier molecular flexibility index (Phi) is 5.16. The lowest BCUT2D eigenvalue weighted by atomic mass is 10.3. The fraction of sp³-hybridized carbons (Fsp3) is 0.467. The number of benzene rings is 1. The summed E-state index contributed by atoms with van der Waals surface area (Å²) in [5, 5.41) is 8.84. The summed E-state index contributed by atoms with van der Waals surface area (Å²) in [6.07, 6.45) is 0.793. The minimum Gasteiger partial charge on any atom is -0.480 e. The molecule has 0 aliphatic carbocycles. The number of amides is 2. The van der Waals surface area contributed by atoms with Crippen molar-refractivity contribution in [2.24, 2.45) is 0 Å². The molecule has 0 bridgehead atoms. The summed E-state index contributed by atoms with van der Waals surface area (Å²) in [7, 11) is 1.76. The molecular weight excluding hydrogens is 270 g/mol. The maximum atomic E-state index is 12.5. The lowest BCUT2D eigenvalue weighted by molar-refractivity contribution is -0.138. The molecule has 0 saturated carbocycles. The number of urea groups is 1. The van der Waals surface area contributed by atoms with Gasteiger partial charge in [0.05, 0.1) is 6.54 Å². The van der Waals surface area contributed by atoms with Gasteiger partial charge in [0.15, 0.2) is 0 Å². The number of aliphatic carboxylic acids is 1. The number of anilines is 1. The second-order valence-corrected chi connectivity index (χ2v) is 5.19. The van der Waals surface area contributed by atoms with Crippen molar-refractivity contribution in [3.05, 3.63) is 30.3 Å². The number of hydrogen-bond acceptors (Lipinski definition) is 3. The molecule has 114 valence electrons. The van der Waals surface area contributed by atoms with Crippen LogP contribution in [0.5, 0.6) is 0 Å².